The highest BCUT2D eigenvalue weighted by atomic mass is 32.2. The molecule has 2 aromatic rings. The number of hydrogen-bond acceptors (Lipinski definition) is 5. The van der Waals surface area contributed by atoms with Gasteiger partial charge in [-0.1, -0.05) is 29.5 Å². The predicted octanol–water partition coefficient (Wildman–Crippen LogP) is 2.74. The van der Waals surface area contributed by atoms with Gasteiger partial charge >= 0.3 is 0 Å². The minimum Gasteiger partial charge on any atom is -0.348 e. The van der Waals surface area contributed by atoms with E-state index in [4.69, 9.17) is 0 Å². The summed E-state index contributed by atoms with van der Waals surface area (Å²) >= 11 is 1.46. The second-order valence-corrected chi connectivity index (χ2v) is 7.95. The van der Waals surface area contributed by atoms with Crippen LogP contribution in [-0.2, 0) is 4.79 Å². The van der Waals surface area contributed by atoms with Crippen LogP contribution in [-0.4, -0.2) is 58.0 Å². The van der Waals surface area contributed by atoms with Crippen molar-refractivity contribution in [3.63, 3.8) is 0 Å². The fourth-order valence-electron chi connectivity index (χ4n) is 2.95. The van der Waals surface area contributed by atoms with Gasteiger partial charge < -0.3 is 9.80 Å². The Hall–Kier alpha value is -2.02. The molecule has 1 amide bonds. The average Bonchev–Trinajstić information content (AvgIpc) is 3.24. The maximum absolute atomic E-state index is 12.2. The Morgan fingerprint density at radius 1 is 1.16 bits per heavy atom. The zero-order valence-electron chi connectivity index (χ0n) is 15.3. The maximum Gasteiger partial charge on any atom is 0.235 e. The molecule has 0 bridgehead atoms. The van der Waals surface area contributed by atoms with Crippen molar-refractivity contribution in [1.29, 1.82) is 0 Å². The molecule has 0 unspecified atom stereocenters. The molecule has 0 spiro atoms. The van der Waals surface area contributed by atoms with E-state index in [2.05, 4.69) is 50.9 Å². The van der Waals surface area contributed by atoms with Crippen molar-refractivity contribution in [2.45, 2.75) is 37.1 Å². The topological polar surface area (TPSA) is 54.3 Å². The Morgan fingerprint density at radius 3 is 2.40 bits per heavy atom. The van der Waals surface area contributed by atoms with Crippen molar-refractivity contribution in [2.24, 2.45) is 0 Å². The lowest BCUT2D eigenvalue weighted by Crippen LogP contribution is -2.30. The highest BCUT2D eigenvalue weighted by Gasteiger charge is 2.25. The number of benzene rings is 1. The van der Waals surface area contributed by atoms with E-state index in [1.165, 1.54) is 30.2 Å². The molecule has 3 rings (SSSR count). The van der Waals surface area contributed by atoms with Gasteiger partial charge in [-0.05, 0) is 38.8 Å². The molecule has 1 aromatic carbocycles. The second-order valence-electron chi connectivity index (χ2n) is 6.64. The largest absolute Gasteiger partial charge is 0.348 e. The van der Waals surface area contributed by atoms with E-state index in [-0.39, 0.29) is 11.2 Å². The zero-order valence-corrected chi connectivity index (χ0v) is 16.1. The normalized spacial score (nSPS) is 15.4. The number of carbonyl (C=O) groups is 1. The van der Waals surface area contributed by atoms with E-state index in [1.54, 1.807) is 19.0 Å². The fourth-order valence-corrected chi connectivity index (χ4v) is 3.96. The van der Waals surface area contributed by atoms with E-state index in [9.17, 15) is 4.79 Å². The molecule has 1 fully saturated rings. The van der Waals surface area contributed by atoms with Gasteiger partial charge in [-0.3, -0.25) is 9.36 Å². The molecular weight excluding hydrogens is 334 g/mol. The van der Waals surface area contributed by atoms with E-state index in [1.807, 2.05) is 6.92 Å². The molecule has 1 atom stereocenters. The molecule has 1 aliphatic rings. The lowest BCUT2D eigenvalue weighted by atomic mass is 10.2. The molecule has 25 heavy (non-hydrogen) atoms. The summed E-state index contributed by atoms with van der Waals surface area (Å²) < 4.78 is 2.08. The van der Waals surface area contributed by atoms with Crippen LogP contribution in [0.25, 0.3) is 5.69 Å². The molecule has 1 saturated heterocycles. The van der Waals surface area contributed by atoms with Crippen LogP contribution in [0.1, 0.15) is 25.3 Å². The van der Waals surface area contributed by atoms with Crippen LogP contribution in [0.5, 0.6) is 0 Å². The first-order chi connectivity index (χ1) is 12.0. The van der Waals surface area contributed by atoms with Gasteiger partial charge in [0.2, 0.25) is 11.9 Å². The number of carbonyl (C=O) groups excluding carboxylic acids is 1. The van der Waals surface area contributed by atoms with Gasteiger partial charge in [0.05, 0.1) is 10.9 Å². The van der Waals surface area contributed by atoms with Crippen LogP contribution >= 0.6 is 11.8 Å². The summed E-state index contributed by atoms with van der Waals surface area (Å²) in [6, 6.07) is 8.35. The number of hydrogen-bond donors (Lipinski definition) is 0. The molecule has 2 heterocycles. The van der Waals surface area contributed by atoms with Gasteiger partial charge in [-0.15, -0.1) is 10.2 Å². The van der Waals surface area contributed by atoms with E-state index in [0.29, 0.717) is 0 Å². The summed E-state index contributed by atoms with van der Waals surface area (Å²) in [5, 5.41) is 9.40. The Morgan fingerprint density at radius 2 is 1.80 bits per heavy atom. The fraction of sp³-hybridized carbons (Fsp3) is 0.500. The molecule has 7 heteroatoms. The molecule has 6 nitrogen and oxygen atoms in total. The molecule has 0 aliphatic carbocycles. The first-order valence-corrected chi connectivity index (χ1v) is 9.50. The number of thioether (sulfide) groups is 1. The number of rotatable bonds is 5. The molecule has 0 N–H and O–H groups in total. The van der Waals surface area contributed by atoms with Crippen LogP contribution in [0.3, 0.4) is 0 Å². The number of aryl methyl sites for hydroxylation is 1. The van der Waals surface area contributed by atoms with Crippen molar-refractivity contribution in [3.8, 4) is 5.69 Å². The Balaban J connectivity index is 1.97. The van der Waals surface area contributed by atoms with Crippen molar-refractivity contribution in [2.75, 3.05) is 32.1 Å². The van der Waals surface area contributed by atoms with Crippen molar-refractivity contribution >= 4 is 23.6 Å². The summed E-state index contributed by atoms with van der Waals surface area (Å²) in [6.07, 6.45) is 2.36. The summed E-state index contributed by atoms with van der Waals surface area (Å²) in [5.41, 5.74) is 2.24. The molecule has 134 valence electrons. The Labute approximate surface area is 153 Å². The first kappa shape index (κ1) is 17.8. The SMILES string of the molecule is Cc1ccc(-n2c(S[C@H](C)C(=O)N(C)C)nnc2N2CCCC2)cc1. The van der Waals surface area contributed by atoms with Crippen LogP contribution in [0.4, 0.5) is 5.95 Å². The molecule has 0 radical (unpaired) electrons. The standard InChI is InChI=1S/C18H25N5OS/c1-13-7-9-15(10-8-13)23-17(22-11-5-6-12-22)19-20-18(23)25-14(2)16(24)21(3)4/h7-10,14H,5-6,11-12H2,1-4H3/t14-/m1/s1. The number of amides is 1. The predicted molar refractivity (Wildman–Crippen MR) is 102 cm³/mol. The van der Waals surface area contributed by atoms with E-state index < -0.39 is 0 Å². The van der Waals surface area contributed by atoms with Crippen LogP contribution < -0.4 is 4.90 Å². The van der Waals surface area contributed by atoms with Crippen molar-refractivity contribution in [3.05, 3.63) is 29.8 Å². The zero-order chi connectivity index (χ0) is 18.0. The van der Waals surface area contributed by atoms with Crippen LogP contribution in [0, 0.1) is 6.92 Å². The summed E-state index contributed by atoms with van der Waals surface area (Å²) in [7, 11) is 3.56. The first-order valence-electron chi connectivity index (χ1n) is 8.62. The minimum atomic E-state index is -0.213. The quantitative estimate of drug-likeness (QED) is 0.769. The van der Waals surface area contributed by atoms with Crippen LogP contribution in [0.2, 0.25) is 0 Å². The summed E-state index contributed by atoms with van der Waals surface area (Å²) in [6.45, 7) is 5.99. The Bertz CT molecular complexity index is 734. The molecule has 0 saturated carbocycles. The van der Waals surface area contributed by atoms with E-state index in [0.717, 1.165) is 29.9 Å². The summed E-state index contributed by atoms with van der Waals surface area (Å²) in [4.78, 5) is 16.1. The smallest absolute Gasteiger partial charge is 0.235 e. The Kier molecular flexibility index (Phi) is 5.32. The van der Waals surface area contributed by atoms with Gasteiger partial charge in [0.25, 0.3) is 0 Å². The van der Waals surface area contributed by atoms with Gasteiger partial charge in [0.1, 0.15) is 0 Å². The highest BCUT2D eigenvalue weighted by Crippen LogP contribution is 2.31. The third-order valence-electron chi connectivity index (χ3n) is 4.37. The average molecular weight is 359 g/mol. The third-order valence-corrected chi connectivity index (χ3v) is 5.40. The lowest BCUT2D eigenvalue weighted by Gasteiger charge is -2.20. The number of anilines is 1. The van der Waals surface area contributed by atoms with Crippen LogP contribution in [0.15, 0.2) is 29.4 Å². The maximum atomic E-state index is 12.2. The van der Waals surface area contributed by atoms with Crippen molar-refractivity contribution < 1.29 is 4.79 Å². The molecule has 1 aromatic heterocycles. The molecule has 1 aliphatic heterocycles. The highest BCUT2D eigenvalue weighted by molar-refractivity contribution is 8.00. The minimum absolute atomic E-state index is 0.0752. The van der Waals surface area contributed by atoms with Crippen molar-refractivity contribution in [1.82, 2.24) is 19.7 Å². The van der Waals surface area contributed by atoms with Gasteiger partial charge in [0, 0.05) is 27.2 Å². The second kappa shape index (κ2) is 7.47. The lowest BCUT2D eigenvalue weighted by molar-refractivity contribution is -0.127. The van der Waals surface area contributed by atoms with E-state index >= 15 is 0 Å². The number of aromatic nitrogens is 3. The summed E-state index contributed by atoms with van der Waals surface area (Å²) in [5.74, 6) is 0.944. The van der Waals surface area contributed by atoms with Gasteiger partial charge in [-0.25, -0.2) is 0 Å². The third kappa shape index (κ3) is 3.81. The number of nitrogens with zero attached hydrogens (tertiary/aromatic N) is 5. The monoisotopic (exact) mass is 359 g/mol. The van der Waals surface area contributed by atoms with Gasteiger partial charge in [-0.2, -0.15) is 0 Å². The molecular formula is C18H25N5OS. The van der Waals surface area contributed by atoms with Gasteiger partial charge in [0.15, 0.2) is 5.16 Å².